The lowest BCUT2D eigenvalue weighted by molar-refractivity contribution is -0.137. The maximum absolute atomic E-state index is 11.1. The van der Waals surface area contributed by atoms with E-state index in [9.17, 15) is 9.59 Å². The normalized spacial score (nSPS) is 9.72. The maximum atomic E-state index is 11.1. The van der Waals surface area contributed by atoms with Crippen molar-refractivity contribution in [3.05, 3.63) is 23.3 Å². The van der Waals surface area contributed by atoms with Gasteiger partial charge in [-0.2, -0.15) is 0 Å². The second-order valence-electron chi connectivity index (χ2n) is 3.68. The van der Waals surface area contributed by atoms with Crippen molar-refractivity contribution in [1.82, 2.24) is 5.32 Å². The number of rotatable bonds is 4. The number of carbonyl (C=O) groups excluding carboxylic acids is 2. The molecule has 0 heterocycles. The third-order valence-corrected chi connectivity index (χ3v) is 2.51. The van der Waals surface area contributed by atoms with E-state index in [1.165, 1.54) is 7.11 Å². The fraction of sp³-hybridized carbons (Fsp3) is 0.333. The van der Waals surface area contributed by atoms with Crippen LogP contribution in [-0.2, 0) is 16.1 Å². The van der Waals surface area contributed by atoms with Crippen molar-refractivity contribution in [3.8, 4) is 11.5 Å². The van der Waals surface area contributed by atoms with Crippen molar-refractivity contribution in [2.45, 2.75) is 13.5 Å². The number of primary amides is 1. The van der Waals surface area contributed by atoms with Gasteiger partial charge in [0.1, 0.15) is 0 Å². The van der Waals surface area contributed by atoms with E-state index in [0.29, 0.717) is 11.5 Å². The molecule has 0 aliphatic heterocycles. The molecule has 0 radical (unpaired) electrons. The second-order valence-corrected chi connectivity index (χ2v) is 3.68. The lowest BCUT2D eigenvalue weighted by Crippen LogP contribution is -2.35. The lowest BCUT2D eigenvalue weighted by Gasteiger charge is -2.12. The number of nitrogens with one attached hydrogen (secondary N) is 1. The number of amides is 2. The molecule has 6 heteroatoms. The van der Waals surface area contributed by atoms with Gasteiger partial charge in [-0.05, 0) is 30.2 Å². The molecular formula is C12H16N2O4. The van der Waals surface area contributed by atoms with Crippen LogP contribution in [-0.4, -0.2) is 26.0 Å². The number of ether oxygens (including phenoxy) is 2. The molecule has 6 nitrogen and oxygen atoms in total. The van der Waals surface area contributed by atoms with Gasteiger partial charge in [0.2, 0.25) is 0 Å². The standard InChI is InChI=1S/C12H16N2O4/c1-7-4-9(17-2)10(18-3)5-8(7)6-14-12(16)11(13)15/h4-5H,6H2,1-3H3,(H2,13,15)(H,14,16). The molecule has 0 atom stereocenters. The third kappa shape index (κ3) is 3.13. The molecule has 0 unspecified atom stereocenters. The van der Waals surface area contributed by atoms with Gasteiger partial charge in [0, 0.05) is 6.54 Å². The number of methoxy groups -OCH3 is 2. The summed E-state index contributed by atoms with van der Waals surface area (Å²) in [4.78, 5) is 21.7. The summed E-state index contributed by atoms with van der Waals surface area (Å²) in [5.41, 5.74) is 6.58. The second kappa shape index (κ2) is 5.90. The zero-order valence-electron chi connectivity index (χ0n) is 10.6. The average Bonchev–Trinajstić information content (AvgIpc) is 2.36. The molecule has 0 spiro atoms. The first-order chi connectivity index (χ1) is 8.49. The molecule has 1 aromatic rings. The van der Waals surface area contributed by atoms with Crippen LogP contribution in [0.2, 0.25) is 0 Å². The van der Waals surface area contributed by atoms with Gasteiger partial charge >= 0.3 is 11.8 Å². The van der Waals surface area contributed by atoms with Gasteiger partial charge in [-0.3, -0.25) is 9.59 Å². The van der Waals surface area contributed by atoms with Gasteiger partial charge in [0.05, 0.1) is 14.2 Å². The molecule has 1 rings (SSSR count). The number of carbonyl (C=O) groups is 2. The van der Waals surface area contributed by atoms with Crippen LogP contribution >= 0.6 is 0 Å². The van der Waals surface area contributed by atoms with E-state index in [4.69, 9.17) is 15.2 Å². The van der Waals surface area contributed by atoms with E-state index in [0.717, 1.165) is 11.1 Å². The first-order valence-electron chi connectivity index (χ1n) is 5.28. The molecule has 2 amide bonds. The van der Waals surface area contributed by atoms with E-state index in [-0.39, 0.29) is 6.54 Å². The van der Waals surface area contributed by atoms with Gasteiger partial charge in [-0.15, -0.1) is 0 Å². The van der Waals surface area contributed by atoms with Crippen LogP contribution in [0.5, 0.6) is 11.5 Å². The molecule has 0 bridgehead atoms. The Balaban J connectivity index is 2.89. The number of hydrogen-bond donors (Lipinski definition) is 2. The fourth-order valence-corrected chi connectivity index (χ4v) is 1.48. The Morgan fingerprint density at radius 2 is 1.78 bits per heavy atom. The van der Waals surface area contributed by atoms with Crippen molar-refractivity contribution >= 4 is 11.8 Å². The first kappa shape index (κ1) is 13.8. The molecule has 0 fully saturated rings. The summed E-state index contributed by atoms with van der Waals surface area (Å²) in [6.45, 7) is 2.07. The van der Waals surface area contributed by atoms with E-state index < -0.39 is 11.8 Å². The van der Waals surface area contributed by atoms with Gasteiger partial charge in [-0.1, -0.05) is 0 Å². The van der Waals surface area contributed by atoms with E-state index in [1.54, 1.807) is 19.2 Å². The Hall–Kier alpha value is -2.24. The van der Waals surface area contributed by atoms with Gasteiger partial charge in [0.15, 0.2) is 11.5 Å². The molecule has 98 valence electrons. The quantitative estimate of drug-likeness (QED) is 0.744. The van der Waals surface area contributed by atoms with Crippen LogP contribution in [0.1, 0.15) is 11.1 Å². The molecular weight excluding hydrogens is 236 g/mol. The van der Waals surface area contributed by atoms with Crippen LogP contribution in [0, 0.1) is 6.92 Å². The van der Waals surface area contributed by atoms with Crippen molar-refractivity contribution in [2.24, 2.45) is 5.73 Å². The Kier molecular flexibility index (Phi) is 4.53. The molecule has 1 aromatic carbocycles. The molecule has 0 saturated carbocycles. The van der Waals surface area contributed by atoms with Crippen LogP contribution in [0.25, 0.3) is 0 Å². The van der Waals surface area contributed by atoms with Gasteiger partial charge in [-0.25, -0.2) is 0 Å². The van der Waals surface area contributed by atoms with Crippen molar-refractivity contribution in [3.63, 3.8) is 0 Å². The molecule has 0 saturated heterocycles. The number of hydrogen-bond acceptors (Lipinski definition) is 4. The summed E-state index contributed by atoms with van der Waals surface area (Å²) in [6, 6.07) is 3.54. The van der Waals surface area contributed by atoms with Crippen LogP contribution in [0.4, 0.5) is 0 Å². The summed E-state index contributed by atoms with van der Waals surface area (Å²) >= 11 is 0. The summed E-state index contributed by atoms with van der Waals surface area (Å²) < 4.78 is 10.3. The number of benzene rings is 1. The summed E-state index contributed by atoms with van der Waals surface area (Å²) in [6.07, 6.45) is 0. The lowest BCUT2D eigenvalue weighted by atomic mass is 10.1. The van der Waals surface area contributed by atoms with Crippen LogP contribution in [0.15, 0.2) is 12.1 Å². The Morgan fingerprint density at radius 1 is 1.22 bits per heavy atom. The van der Waals surface area contributed by atoms with Crippen molar-refractivity contribution in [2.75, 3.05) is 14.2 Å². The first-order valence-corrected chi connectivity index (χ1v) is 5.28. The fourth-order valence-electron chi connectivity index (χ4n) is 1.48. The molecule has 0 aliphatic carbocycles. The third-order valence-electron chi connectivity index (χ3n) is 2.51. The largest absolute Gasteiger partial charge is 0.493 e. The highest BCUT2D eigenvalue weighted by molar-refractivity contribution is 6.34. The minimum absolute atomic E-state index is 0.202. The monoisotopic (exact) mass is 252 g/mol. The molecule has 18 heavy (non-hydrogen) atoms. The minimum atomic E-state index is -1.01. The zero-order valence-corrected chi connectivity index (χ0v) is 10.6. The van der Waals surface area contributed by atoms with E-state index in [1.807, 2.05) is 6.92 Å². The SMILES string of the molecule is COc1cc(C)c(CNC(=O)C(N)=O)cc1OC. The smallest absolute Gasteiger partial charge is 0.309 e. The topological polar surface area (TPSA) is 90.6 Å². The maximum Gasteiger partial charge on any atom is 0.309 e. The minimum Gasteiger partial charge on any atom is -0.493 e. The van der Waals surface area contributed by atoms with Crippen LogP contribution in [0.3, 0.4) is 0 Å². The Bertz CT molecular complexity index is 471. The van der Waals surface area contributed by atoms with Gasteiger partial charge < -0.3 is 20.5 Å². The highest BCUT2D eigenvalue weighted by atomic mass is 16.5. The van der Waals surface area contributed by atoms with Crippen LogP contribution < -0.4 is 20.5 Å². The zero-order chi connectivity index (χ0) is 13.7. The summed E-state index contributed by atoms with van der Waals surface area (Å²) in [5.74, 6) is -0.649. The van der Waals surface area contributed by atoms with E-state index in [2.05, 4.69) is 5.32 Å². The predicted octanol–water partition coefficient (Wildman–Crippen LogP) is 0.114. The molecule has 3 N–H and O–H groups in total. The Morgan fingerprint density at radius 3 is 2.28 bits per heavy atom. The Labute approximate surface area is 105 Å². The average molecular weight is 252 g/mol. The highest BCUT2D eigenvalue weighted by Crippen LogP contribution is 2.30. The summed E-state index contributed by atoms with van der Waals surface area (Å²) in [5, 5.41) is 2.42. The predicted molar refractivity (Wildman–Crippen MR) is 65.3 cm³/mol. The van der Waals surface area contributed by atoms with Crippen molar-refractivity contribution in [1.29, 1.82) is 0 Å². The molecule has 0 aromatic heterocycles. The highest BCUT2D eigenvalue weighted by Gasteiger charge is 2.11. The summed E-state index contributed by atoms with van der Waals surface area (Å²) in [7, 11) is 3.07. The number of aryl methyl sites for hydroxylation is 1. The molecule has 0 aliphatic rings. The van der Waals surface area contributed by atoms with E-state index >= 15 is 0 Å². The van der Waals surface area contributed by atoms with Gasteiger partial charge in [0.25, 0.3) is 0 Å². The van der Waals surface area contributed by atoms with Crippen molar-refractivity contribution < 1.29 is 19.1 Å². The number of nitrogens with two attached hydrogens (primary N) is 1.